The van der Waals surface area contributed by atoms with Crippen molar-refractivity contribution in [3.8, 4) is 5.75 Å². The molecule has 0 aromatic heterocycles. The maximum atomic E-state index is 13.2. The number of nitrogens with one attached hydrogen (secondary N) is 1. The van der Waals surface area contributed by atoms with Gasteiger partial charge in [0.15, 0.2) is 0 Å². The molecule has 0 unspecified atom stereocenters. The van der Waals surface area contributed by atoms with Gasteiger partial charge in [0.25, 0.3) is 5.91 Å². The third-order valence-electron chi connectivity index (χ3n) is 2.61. The Balaban J connectivity index is 2.27. The maximum Gasteiger partial charge on any atom is 0.339 e. The lowest BCUT2D eigenvalue weighted by atomic mass is 10.1. The van der Waals surface area contributed by atoms with E-state index in [1.807, 2.05) is 0 Å². The Morgan fingerprint density at radius 3 is 2.48 bits per heavy atom. The number of carbonyl (C=O) groups is 2. The highest BCUT2D eigenvalue weighted by molar-refractivity contribution is 9.10. The van der Waals surface area contributed by atoms with Crippen molar-refractivity contribution in [1.82, 2.24) is 0 Å². The van der Waals surface area contributed by atoms with Crippen LogP contribution in [0.25, 0.3) is 0 Å². The Morgan fingerprint density at radius 1 is 1.14 bits per heavy atom. The predicted molar refractivity (Wildman–Crippen MR) is 77.1 cm³/mol. The molecule has 1 amide bonds. The van der Waals surface area contributed by atoms with Gasteiger partial charge in [-0.3, -0.25) is 4.79 Å². The molecular weight excluding hydrogens is 345 g/mol. The van der Waals surface area contributed by atoms with Crippen LogP contribution >= 0.6 is 15.9 Å². The number of aromatic hydroxyl groups is 1. The second kappa shape index (κ2) is 5.92. The Morgan fingerprint density at radius 2 is 1.86 bits per heavy atom. The van der Waals surface area contributed by atoms with Crippen molar-refractivity contribution in [2.24, 2.45) is 0 Å². The molecule has 0 atom stereocenters. The Kier molecular flexibility index (Phi) is 4.23. The number of amides is 1. The van der Waals surface area contributed by atoms with Crippen molar-refractivity contribution in [2.75, 3.05) is 5.32 Å². The van der Waals surface area contributed by atoms with Gasteiger partial charge >= 0.3 is 5.97 Å². The van der Waals surface area contributed by atoms with E-state index in [1.165, 1.54) is 18.2 Å². The normalized spacial score (nSPS) is 10.2. The fourth-order valence-corrected chi connectivity index (χ4v) is 2.14. The first-order valence-electron chi connectivity index (χ1n) is 5.70. The van der Waals surface area contributed by atoms with Crippen molar-refractivity contribution < 1.29 is 24.2 Å². The largest absolute Gasteiger partial charge is 0.507 e. The van der Waals surface area contributed by atoms with E-state index in [0.717, 1.165) is 18.2 Å². The highest BCUT2D eigenvalue weighted by Gasteiger charge is 2.13. The zero-order chi connectivity index (χ0) is 15.6. The molecule has 0 aliphatic rings. The van der Waals surface area contributed by atoms with Gasteiger partial charge in [-0.05, 0) is 36.4 Å². The van der Waals surface area contributed by atoms with Gasteiger partial charge in [-0.1, -0.05) is 15.9 Å². The van der Waals surface area contributed by atoms with E-state index >= 15 is 0 Å². The van der Waals surface area contributed by atoms with Crippen molar-refractivity contribution in [1.29, 1.82) is 0 Å². The fourth-order valence-electron chi connectivity index (χ4n) is 1.67. The van der Waals surface area contributed by atoms with Gasteiger partial charge in [-0.25, -0.2) is 9.18 Å². The lowest BCUT2D eigenvalue weighted by Gasteiger charge is -2.08. The number of carboxylic acid groups (broad SMARTS) is 1. The number of hydrogen-bond acceptors (Lipinski definition) is 3. The number of anilines is 1. The van der Waals surface area contributed by atoms with Crippen LogP contribution in [0.3, 0.4) is 0 Å². The van der Waals surface area contributed by atoms with Crippen molar-refractivity contribution >= 4 is 33.5 Å². The summed E-state index contributed by atoms with van der Waals surface area (Å²) in [5, 5.41) is 20.7. The van der Waals surface area contributed by atoms with Gasteiger partial charge < -0.3 is 15.5 Å². The summed E-state index contributed by atoms with van der Waals surface area (Å²) in [7, 11) is 0. The van der Waals surface area contributed by atoms with Crippen LogP contribution in [0.15, 0.2) is 40.9 Å². The van der Waals surface area contributed by atoms with E-state index in [4.69, 9.17) is 5.11 Å². The predicted octanol–water partition coefficient (Wildman–Crippen LogP) is 3.24. The van der Waals surface area contributed by atoms with Gasteiger partial charge in [0.2, 0.25) is 0 Å². The zero-order valence-corrected chi connectivity index (χ0v) is 12.0. The summed E-state index contributed by atoms with van der Waals surface area (Å²) in [6.07, 6.45) is 0. The average Bonchev–Trinajstić information content (AvgIpc) is 2.39. The Hall–Kier alpha value is -2.41. The first kappa shape index (κ1) is 15.0. The van der Waals surface area contributed by atoms with Gasteiger partial charge in [-0.15, -0.1) is 0 Å². The van der Waals surface area contributed by atoms with E-state index < -0.39 is 23.4 Å². The van der Waals surface area contributed by atoms with Crippen molar-refractivity contribution in [2.45, 2.75) is 0 Å². The second-order valence-electron chi connectivity index (χ2n) is 4.15. The summed E-state index contributed by atoms with van der Waals surface area (Å²) in [4.78, 5) is 22.9. The minimum Gasteiger partial charge on any atom is -0.507 e. The van der Waals surface area contributed by atoms with E-state index in [1.54, 1.807) is 0 Å². The van der Waals surface area contributed by atoms with Gasteiger partial charge in [0.1, 0.15) is 17.1 Å². The molecule has 21 heavy (non-hydrogen) atoms. The molecule has 108 valence electrons. The molecule has 2 rings (SSSR count). The number of phenols is 1. The number of rotatable bonds is 3. The fraction of sp³-hybridized carbons (Fsp3) is 0. The van der Waals surface area contributed by atoms with E-state index in [2.05, 4.69) is 21.2 Å². The molecule has 0 aliphatic heterocycles. The average molecular weight is 354 g/mol. The molecule has 7 heteroatoms. The molecule has 3 N–H and O–H groups in total. The van der Waals surface area contributed by atoms with Crippen LogP contribution < -0.4 is 5.32 Å². The van der Waals surface area contributed by atoms with E-state index in [0.29, 0.717) is 4.47 Å². The van der Waals surface area contributed by atoms with Crippen LogP contribution in [0.4, 0.5) is 10.1 Å². The molecular formula is C14H9BrFNO4. The highest BCUT2D eigenvalue weighted by Crippen LogP contribution is 2.22. The molecule has 0 aliphatic carbocycles. The third-order valence-corrected chi connectivity index (χ3v) is 3.07. The monoisotopic (exact) mass is 353 g/mol. The molecule has 0 fully saturated rings. The molecule has 0 heterocycles. The standard InChI is InChI=1S/C14H9BrFNO4/c15-8-3-7(4-9(16)5-8)13(19)17-10-1-2-12(18)11(6-10)14(20)21/h1-6,18H,(H,17,19)(H,20,21). The SMILES string of the molecule is O=C(Nc1ccc(O)c(C(=O)O)c1)c1cc(F)cc(Br)c1. The van der Waals surface area contributed by atoms with Crippen molar-refractivity contribution in [3.05, 3.63) is 57.8 Å². The molecule has 0 radical (unpaired) electrons. The minimum absolute atomic E-state index is 0.0758. The summed E-state index contributed by atoms with van der Waals surface area (Å²) in [5.74, 6) is -2.91. The Bertz CT molecular complexity index is 713. The number of aromatic carboxylic acids is 1. The summed E-state index contributed by atoms with van der Waals surface area (Å²) < 4.78 is 13.6. The van der Waals surface area contributed by atoms with Crippen molar-refractivity contribution in [3.63, 3.8) is 0 Å². The third kappa shape index (κ3) is 3.57. The molecule has 0 bridgehead atoms. The van der Waals surface area contributed by atoms with Crippen LogP contribution in [-0.4, -0.2) is 22.1 Å². The molecule has 5 nitrogen and oxygen atoms in total. The zero-order valence-electron chi connectivity index (χ0n) is 10.4. The number of benzene rings is 2. The molecule has 0 saturated heterocycles. The van der Waals surface area contributed by atoms with E-state index in [-0.39, 0.29) is 16.8 Å². The van der Waals surface area contributed by atoms with Crippen LogP contribution in [-0.2, 0) is 0 Å². The number of carboxylic acids is 1. The van der Waals surface area contributed by atoms with Gasteiger partial charge in [-0.2, -0.15) is 0 Å². The Labute approximate surface area is 127 Å². The summed E-state index contributed by atoms with van der Waals surface area (Å²) in [6.45, 7) is 0. The summed E-state index contributed by atoms with van der Waals surface area (Å²) in [6, 6.07) is 7.30. The number of halogens is 2. The molecule has 0 spiro atoms. The van der Waals surface area contributed by atoms with Crippen LogP contribution in [0, 0.1) is 5.82 Å². The lowest BCUT2D eigenvalue weighted by molar-refractivity contribution is 0.0693. The second-order valence-corrected chi connectivity index (χ2v) is 5.07. The number of carbonyl (C=O) groups excluding carboxylic acids is 1. The molecule has 2 aromatic carbocycles. The highest BCUT2D eigenvalue weighted by atomic mass is 79.9. The summed E-state index contributed by atoms with van der Waals surface area (Å²) >= 11 is 3.08. The van der Waals surface area contributed by atoms with Gasteiger partial charge in [0, 0.05) is 15.7 Å². The topological polar surface area (TPSA) is 86.6 Å². The van der Waals surface area contributed by atoms with Gasteiger partial charge in [0.05, 0.1) is 0 Å². The first-order chi connectivity index (χ1) is 9.86. The van der Waals surface area contributed by atoms with Crippen LogP contribution in [0.2, 0.25) is 0 Å². The quantitative estimate of drug-likeness (QED) is 0.739. The van der Waals surface area contributed by atoms with E-state index in [9.17, 15) is 19.1 Å². The van der Waals surface area contributed by atoms with Crippen LogP contribution in [0.1, 0.15) is 20.7 Å². The minimum atomic E-state index is -1.32. The number of hydrogen-bond donors (Lipinski definition) is 3. The van der Waals surface area contributed by atoms with Crippen LogP contribution in [0.5, 0.6) is 5.75 Å². The first-order valence-corrected chi connectivity index (χ1v) is 6.50. The molecule has 0 saturated carbocycles. The lowest BCUT2D eigenvalue weighted by Crippen LogP contribution is -2.12. The maximum absolute atomic E-state index is 13.2. The summed E-state index contributed by atoms with van der Waals surface area (Å²) in [5.41, 5.74) is -0.0874. The molecule has 2 aromatic rings. The smallest absolute Gasteiger partial charge is 0.339 e.